The van der Waals surface area contributed by atoms with Crippen LogP contribution in [0.5, 0.6) is 0 Å². The number of benzene rings is 1. The number of para-hydroxylation sites is 1. The maximum Gasteiger partial charge on any atom is 0.360 e. The van der Waals surface area contributed by atoms with E-state index in [4.69, 9.17) is 4.42 Å². The second-order valence-electron chi connectivity index (χ2n) is 8.18. The summed E-state index contributed by atoms with van der Waals surface area (Å²) in [5.41, 5.74) is 1.39. The summed E-state index contributed by atoms with van der Waals surface area (Å²) in [5.74, 6) is -0.396. The van der Waals surface area contributed by atoms with Crippen LogP contribution in [0.25, 0.3) is 16.9 Å². The van der Waals surface area contributed by atoms with E-state index in [2.05, 4.69) is 14.7 Å². The zero-order valence-corrected chi connectivity index (χ0v) is 18.4. The molecule has 4 aromatic rings. The largest absolute Gasteiger partial charge is 0.464 e. The molecule has 0 N–H and O–H groups in total. The number of carbonyl (C=O) groups is 1. The van der Waals surface area contributed by atoms with Crippen LogP contribution in [0.4, 0.5) is 0 Å². The molecule has 1 saturated carbocycles. The van der Waals surface area contributed by atoms with Gasteiger partial charge in [0.25, 0.3) is 5.56 Å². The van der Waals surface area contributed by atoms with Crippen LogP contribution in [0.15, 0.2) is 50.9 Å². The summed E-state index contributed by atoms with van der Waals surface area (Å²) in [7, 11) is 1.26. The maximum absolute atomic E-state index is 13.6. The van der Waals surface area contributed by atoms with Gasteiger partial charge >= 0.3 is 11.7 Å². The quantitative estimate of drug-likeness (QED) is 0.430. The molecule has 10 nitrogen and oxygen atoms in total. The molecule has 0 amide bonds. The number of ether oxygens (including phenoxy) is 1. The molecule has 0 radical (unpaired) electrons. The molecule has 0 aliphatic heterocycles. The van der Waals surface area contributed by atoms with Crippen LogP contribution >= 0.6 is 0 Å². The summed E-state index contributed by atoms with van der Waals surface area (Å²) in [6.07, 6.45) is 6.22. The fourth-order valence-electron chi connectivity index (χ4n) is 4.52. The lowest BCUT2D eigenvalue weighted by molar-refractivity contribution is 0.0594. The highest BCUT2D eigenvalue weighted by Gasteiger charge is 2.27. The molecule has 5 rings (SSSR count). The van der Waals surface area contributed by atoms with E-state index in [9.17, 15) is 14.4 Å². The molecular formula is C23H23N5O5. The van der Waals surface area contributed by atoms with Crippen molar-refractivity contribution in [2.75, 3.05) is 7.11 Å². The van der Waals surface area contributed by atoms with E-state index in [1.54, 1.807) is 4.57 Å². The number of esters is 1. The average molecular weight is 449 g/mol. The lowest BCUT2D eigenvalue weighted by atomic mass is 10.2. The number of aryl methyl sites for hydroxylation is 1. The maximum atomic E-state index is 13.6. The van der Waals surface area contributed by atoms with Gasteiger partial charge in [-0.05, 0) is 31.4 Å². The minimum atomic E-state index is -0.613. The lowest BCUT2D eigenvalue weighted by Crippen LogP contribution is -2.42. The number of nitrogens with zero attached hydrogens (tertiary/aromatic N) is 5. The van der Waals surface area contributed by atoms with Gasteiger partial charge in [0.1, 0.15) is 12.8 Å². The molecule has 1 aliphatic rings. The van der Waals surface area contributed by atoms with E-state index in [-0.39, 0.29) is 46.6 Å². The molecule has 0 atom stereocenters. The number of aromatic nitrogens is 5. The number of carbonyl (C=O) groups excluding carboxylic acids is 1. The SMILES string of the molecule is COC(=O)c1coc(Cn2cnc3c2c(=O)n(C2CCCC2)c(=O)n3-c2ccccc2C)n1. The van der Waals surface area contributed by atoms with Crippen LogP contribution in [0, 0.1) is 6.92 Å². The van der Waals surface area contributed by atoms with Gasteiger partial charge in [-0.25, -0.2) is 24.1 Å². The van der Waals surface area contributed by atoms with Gasteiger partial charge in [-0.15, -0.1) is 0 Å². The first-order valence-electron chi connectivity index (χ1n) is 10.8. The van der Waals surface area contributed by atoms with Crippen molar-refractivity contribution in [1.29, 1.82) is 0 Å². The van der Waals surface area contributed by atoms with Crippen molar-refractivity contribution in [2.24, 2.45) is 0 Å². The summed E-state index contributed by atoms with van der Waals surface area (Å²) in [4.78, 5) is 47.5. The predicted molar refractivity (Wildman–Crippen MR) is 119 cm³/mol. The third-order valence-corrected chi connectivity index (χ3v) is 6.15. The topological polar surface area (TPSA) is 114 Å². The minimum absolute atomic E-state index is 0.0390. The Balaban J connectivity index is 1.73. The van der Waals surface area contributed by atoms with Gasteiger partial charge in [0.2, 0.25) is 5.89 Å². The van der Waals surface area contributed by atoms with E-state index in [0.717, 1.165) is 31.2 Å². The molecule has 0 unspecified atom stereocenters. The number of methoxy groups -OCH3 is 1. The smallest absolute Gasteiger partial charge is 0.360 e. The molecule has 0 bridgehead atoms. The summed E-state index contributed by atoms with van der Waals surface area (Å²) in [6.45, 7) is 1.98. The number of oxazole rings is 1. The molecule has 0 saturated heterocycles. The number of rotatable bonds is 5. The van der Waals surface area contributed by atoms with E-state index >= 15 is 0 Å². The van der Waals surface area contributed by atoms with Gasteiger partial charge in [0, 0.05) is 6.04 Å². The molecule has 1 fully saturated rings. The van der Waals surface area contributed by atoms with Crippen LogP contribution < -0.4 is 11.2 Å². The first-order valence-corrected chi connectivity index (χ1v) is 10.8. The van der Waals surface area contributed by atoms with Gasteiger partial charge in [-0.3, -0.25) is 9.36 Å². The fraction of sp³-hybridized carbons (Fsp3) is 0.348. The highest BCUT2D eigenvalue weighted by atomic mass is 16.5. The Labute approximate surface area is 188 Å². The van der Waals surface area contributed by atoms with Crippen LogP contribution in [-0.2, 0) is 11.3 Å². The zero-order valence-electron chi connectivity index (χ0n) is 18.4. The van der Waals surface area contributed by atoms with Crippen molar-refractivity contribution in [1.82, 2.24) is 23.7 Å². The van der Waals surface area contributed by atoms with Crippen LogP contribution in [-0.4, -0.2) is 36.7 Å². The molecule has 170 valence electrons. The summed E-state index contributed by atoms with van der Waals surface area (Å²) in [6, 6.07) is 7.35. The second-order valence-corrected chi connectivity index (χ2v) is 8.18. The van der Waals surface area contributed by atoms with Crippen molar-refractivity contribution in [2.45, 2.75) is 45.2 Å². The summed E-state index contributed by atoms with van der Waals surface area (Å²) in [5, 5.41) is 0. The number of imidazole rings is 1. The van der Waals surface area contributed by atoms with E-state index in [0.29, 0.717) is 5.69 Å². The van der Waals surface area contributed by atoms with E-state index in [1.807, 2.05) is 31.2 Å². The number of hydrogen-bond acceptors (Lipinski definition) is 7. The van der Waals surface area contributed by atoms with Crippen molar-refractivity contribution in [3.8, 4) is 5.69 Å². The van der Waals surface area contributed by atoms with Crippen molar-refractivity contribution in [3.63, 3.8) is 0 Å². The van der Waals surface area contributed by atoms with Crippen molar-refractivity contribution < 1.29 is 13.9 Å². The van der Waals surface area contributed by atoms with Gasteiger partial charge in [-0.2, -0.15) is 0 Å². The highest BCUT2D eigenvalue weighted by molar-refractivity contribution is 5.86. The first kappa shape index (κ1) is 20.9. The molecular weight excluding hydrogens is 426 g/mol. The van der Waals surface area contributed by atoms with Crippen LogP contribution in [0.2, 0.25) is 0 Å². The van der Waals surface area contributed by atoms with Crippen LogP contribution in [0.1, 0.15) is 53.7 Å². The molecule has 10 heteroatoms. The Morgan fingerprint density at radius 1 is 1.21 bits per heavy atom. The molecule has 3 heterocycles. The third-order valence-electron chi connectivity index (χ3n) is 6.15. The number of hydrogen-bond donors (Lipinski definition) is 0. The molecule has 1 aromatic carbocycles. The fourth-order valence-corrected chi connectivity index (χ4v) is 4.52. The Hall–Kier alpha value is -3.95. The Kier molecular flexibility index (Phi) is 5.20. The van der Waals surface area contributed by atoms with Crippen molar-refractivity contribution >= 4 is 17.1 Å². The first-order chi connectivity index (χ1) is 16.0. The molecule has 1 aliphatic carbocycles. The van der Waals surface area contributed by atoms with Gasteiger partial charge in [0.15, 0.2) is 16.9 Å². The standard InChI is InChI=1S/C23H23N5O5/c1-14-7-3-6-10-17(14)28-20-19(21(29)27(23(28)31)15-8-4-5-9-15)26(13-24-20)11-18-25-16(12-33-18)22(30)32-2/h3,6-7,10,12-13,15H,4-5,8-9,11H2,1-2H3. The van der Waals surface area contributed by atoms with Gasteiger partial charge in [-0.1, -0.05) is 31.0 Å². The van der Waals surface area contributed by atoms with Crippen molar-refractivity contribution in [3.05, 3.63) is 74.8 Å². The third kappa shape index (κ3) is 3.47. The van der Waals surface area contributed by atoms with E-state index < -0.39 is 5.97 Å². The molecule has 0 spiro atoms. The Bertz CT molecular complexity index is 1470. The van der Waals surface area contributed by atoms with Gasteiger partial charge in [0.05, 0.1) is 19.1 Å². The summed E-state index contributed by atoms with van der Waals surface area (Å²) >= 11 is 0. The predicted octanol–water partition coefficient (Wildman–Crippen LogP) is 2.60. The second kappa shape index (κ2) is 8.19. The Morgan fingerprint density at radius 3 is 2.70 bits per heavy atom. The Morgan fingerprint density at radius 2 is 1.97 bits per heavy atom. The monoisotopic (exact) mass is 449 g/mol. The minimum Gasteiger partial charge on any atom is -0.464 e. The molecule has 33 heavy (non-hydrogen) atoms. The van der Waals surface area contributed by atoms with Gasteiger partial charge < -0.3 is 13.7 Å². The normalized spacial score (nSPS) is 14.2. The van der Waals surface area contributed by atoms with E-state index in [1.165, 1.54) is 28.8 Å². The number of fused-ring (bicyclic) bond motifs is 1. The lowest BCUT2D eigenvalue weighted by Gasteiger charge is -2.17. The molecule has 3 aromatic heterocycles. The average Bonchev–Trinajstić information content (AvgIpc) is 3.57. The zero-order chi connectivity index (χ0) is 23.1. The highest BCUT2D eigenvalue weighted by Crippen LogP contribution is 2.28. The van der Waals surface area contributed by atoms with Crippen LogP contribution in [0.3, 0.4) is 0 Å². The summed E-state index contributed by atoms with van der Waals surface area (Å²) < 4.78 is 14.5.